The zero-order valence-electron chi connectivity index (χ0n) is 12.5. The van der Waals surface area contributed by atoms with Gasteiger partial charge in [0.2, 0.25) is 5.78 Å². The first-order chi connectivity index (χ1) is 10.3. The van der Waals surface area contributed by atoms with Gasteiger partial charge >= 0.3 is 11.7 Å². The van der Waals surface area contributed by atoms with Crippen LogP contribution in [0.1, 0.15) is 17.3 Å². The van der Waals surface area contributed by atoms with Gasteiger partial charge in [0.1, 0.15) is 11.4 Å². The lowest BCUT2D eigenvalue weighted by Gasteiger charge is -2.10. The van der Waals surface area contributed by atoms with E-state index in [1.807, 2.05) is 0 Å². The Bertz CT molecular complexity index is 768. The number of ether oxygens (including phenoxy) is 1. The zero-order valence-corrected chi connectivity index (χ0v) is 12.5. The second kappa shape index (κ2) is 7.21. The molecule has 118 valence electrons. The average Bonchev–Trinajstić information content (AvgIpc) is 2.49. The molecule has 0 unspecified atom stereocenters. The average molecular weight is 307 g/mol. The molecule has 0 spiro atoms. The molecule has 8 nitrogen and oxygen atoms in total. The Kier molecular flexibility index (Phi) is 5.62. The molecule has 1 rings (SSSR count). The summed E-state index contributed by atoms with van der Waals surface area (Å²) >= 11 is 0. The molecule has 0 amide bonds. The zero-order chi connectivity index (χ0) is 16.9. The van der Waals surface area contributed by atoms with E-state index in [2.05, 4.69) is 0 Å². The van der Waals surface area contributed by atoms with E-state index >= 15 is 0 Å². The van der Waals surface area contributed by atoms with E-state index < -0.39 is 29.6 Å². The lowest BCUT2D eigenvalue weighted by Crippen LogP contribution is -2.42. The summed E-state index contributed by atoms with van der Waals surface area (Å²) in [7, 11) is 2.56. The van der Waals surface area contributed by atoms with Crippen LogP contribution in [0.2, 0.25) is 0 Å². The van der Waals surface area contributed by atoms with Crippen LogP contribution in [0.4, 0.5) is 5.82 Å². The van der Waals surface area contributed by atoms with Gasteiger partial charge in [0, 0.05) is 20.2 Å². The van der Waals surface area contributed by atoms with E-state index in [4.69, 9.17) is 10.5 Å². The number of hydrogen-bond acceptors (Lipinski definition) is 6. The molecule has 0 radical (unpaired) electrons. The Hall–Kier alpha value is -2.90. The first-order valence-electron chi connectivity index (χ1n) is 6.36. The predicted molar refractivity (Wildman–Crippen MR) is 80.6 cm³/mol. The molecule has 0 aromatic carbocycles. The molecule has 1 aromatic heterocycles. The van der Waals surface area contributed by atoms with Crippen molar-refractivity contribution in [1.82, 2.24) is 9.13 Å². The summed E-state index contributed by atoms with van der Waals surface area (Å²) in [5.74, 6) is -1.77. The highest BCUT2D eigenvalue weighted by molar-refractivity contribution is 6.01. The monoisotopic (exact) mass is 307 g/mol. The van der Waals surface area contributed by atoms with E-state index in [9.17, 15) is 19.2 Å². The van der Waals surface area contributed by atoms with Crippen LogP contribution < -0.4 is 17.0 Å². The van der Waals surface area contributed by atoms with Crippen LogP contribution >= 0.6 is 0 Å². The van der Waals surface area contributed by atoms with Crippen molar-refractivity contribution in [3.63, 3.8) is 0 Å². The molecule has 1 aromatic rings. The van der Waals surface area contributed by atoms with E-state index in [1.165, 1.54) is 20.2 Å². The molecule has 0 fully saturated rings. The minimum atomic E-state index is -0.828. The second-order valence-corrected chi connectivity index (χ2v) is 4.38. The fourth-order valence-corrected chi connectivity index (χ4v) is 1.62. The highest BCUT2D eigenvalue weighted by Crippen LogP contribution is 2.04. The number of hydrogen-bond donors (Lipinski definition) is 1. The van der Waals surface area contributed by atoms with E-state index in [-0.39, 0.29) is 11.4 Å². The van der Waals surface area contributed by atoms with Crippen LogP contribution in [-0.4, -0.2) is 27.5 Å². The molecule has 0 saturated carbocycles. The third-order valence-corrected chi connectivity index (χ3v) is 2.87. The smallest absolute Gasteiger partial charge is 0.332 e. The van der Waals surface area contributed by atoms with Crippen molar-refractivity contribution in [2.45, 2.75) is 6.92 Å². The molecule has 0 bridgehead atoms. The van der Waals surface area contributed by atoms with Crippen molar-refractivity contribution in [2.24, 2.45) is 14.1 Å². The Morgan fingerprint density at radius 3 is 2.41 bits per heavy atom. The van der Waals surface area contributed by atoms with E-state index in [1.54, 1.807) is 19.1 Å². The number of nitrogen functional groups attached to an aromatic ring is 1. The van der Waals surface area contributed by atoms with Gasteiger partial charge in [0.15, 0.2) is 6.61 Å². The number of nitrogens with two attached hydrogens (primary N) is 1. The first-order valence-corrected chi connectivity index (χ1v) is 6.36. The summed E-state index contributed by atoms with van der Waals surface area (Å²) < 4.78 is 6.46. The number of carbonyl (C=O) groups is 2. The van der Waals surface area contributed by atoms with Gasteiger partial charge in [0.05, 0.1) is 0 Å². The van der Waals surface area contributed by atoms with Gasteiger partial charge in [-0.1, -0.05) is 18.2 Å². The Morgan fingerprint density at radius 1 is 1.18 bits per heavy atom. The fourth-order valence-electron chi connectivity index (χ4n) is 1.62. The number of nitrogens with zero attached hydrogens (tertiary/aromatic N) is 2. The number of esters is 1. The number of allylic oxidation sites excluding steroid dienone is 3. The van der Waals surface area contributed by atoms with Crippen molar-refractivity contribution < 1.29 is 14.3 Å². The minimum absolute atomic E-state index is 0.265. The number of ketones is 1. The molecule has 2 N–H and O–H groups in total. The van der Waals surface area contributed by atoms with Crippen LogP contribution in [0, 0.1) is 0 Å². The molecule has 8 heteroatoms. The Morgan fingerprint density at radius 2 is 1.82 bits per heavy atom. The third-order valence-electron chi connectivity index (χ3n) is 2.87. The van der Waals surface area contributed by atoms with Crippen LogP contribution in [-0.2, 0) is 23.6 Å². The highest BCUT2D eigenvalue weighted by atomic mass is 16.5. The summed E-state index contributed by atoms with van der Waals surface area (Å²) in [6.45, 7) is 1.13. The quantitative estimate of drug-likeness (QED) is 0.340. The first kappa shape index (κ1) is 17.2. The minimum Gasteiger partial charge on any atom is -0.454 e. The van der Waals surface area contributed by atoms with Gasteiger partial charge in [-0.05, 0) is 6.92 Å². The third kappa shape index (κ3) is 3.60. The van der Waals surface area contributed by atoms with E-state index in [0.717, 1.165) is 15.2 Å². The van der Waals surface area contributed by atoms with Gasteiger partial charge in [0.25, 0.3) is 5.56 Å². The van der Waals surface area contributed by atoms with Crippen molar-refractivity contribution in [3.05, 3.63) is 50.7 Å². The van der Waals surface area contributed by atoms with Crippen molar-refractivity contribution >= 4 is 17.6 Å². The standard InChI is InChI=1S/C14H17N3O5/c1-4-5-6-7-10(19)22-8-9(18)11-12(15)16(2)14(21)17(3)13(11)20/h4-7H,8,15H2,1-3H3/b5-4+,7-6+. The molecule has 0 atom stereocenters. The number of anilines is 1. The molecular weight excluding hydrogens is 290 g/mol. The summed E-state index contributed by atoms with van der Waals surface area (Å²) in [5.41, 5.74) is 3.77. The van der Waals surface area contributed by atoms with Crippen LogP contribution in [0.3, 0.4) is 0 Å². The van der Waals surface area contributed by atoms with Crippen LogP contribution in [0.5, 0.6) is 0 Å². The molecule has 22 heavy (non-hydrogen) atoms. The highest BCUT2D eigenvalue weighted by Gasteiger charge is 2.20. The van der Waals surface area contributed by atoms with Crippen LogP contribution in [0.15, 0.2) is 33.9 Å². The summed E-state index contributed by atoms with van der Waals surface area (Å²) in [4.78, 5) is 46.9. The van der Waals surface area contributed by atoms with Crippen molar-refractivity contribution in [1.29, 1.82) is 0 Å². The summed E-state index contributed by atoms with van der Waals surface area (Å²) in [5, 5.41) is 0. The Balaban J connectivity index is 2.99. The predicted octanol–water partition coefficient (Wildman–Crippen LogP) is -0.476. The molecule has 0 saturated heterocycles. The van der Waals surface area contributed by atoms with Gasteiger partial charge in [-0.25, -0.2) is 9.59 Å². The SMILES string of the molecule is C/C=C/C=C/C(=O)OCC(=O)c1c(N)n(C)c(=O)n(C)c1=O. The maximum atomic E-state index is 12.0. The second-order valence-electron chi connectivity index (χ2n) is 4.38. The van der Waals surface area contributed by atoms with Crippen LogP contribution in [0.25, 0.3) is 0 Å². The lowest BCUT2D eigenvalue weighted by molar-refractivity contribution is -0.136. The number of Topliss-reactive ketones (excluding diaryl/α,β-unsaturated/α-hetero) is 1. The molecule has 0 aliphatic carbocycles. The molecular formula is C14H17N3O5. The topological polar surface area (TPSA) is 113 Å². The van der Waals surface area contributed by atoms with Gasteiger partial charge in [-0.2, -0.15) is 0 Å². The largest absolute Gasteiger partial charge is 0.454 e. The summed E-state index contributed by atoms with van der Waals surface area (Å²) in [6.07, 6.45) is 5.91. The summed E-state index contributed by atoms with van der Waals surface area (Å²) in [6, 6.07) is 0. The normalized spacial score (nSPS) is 11.2. The van der Waals surface area contributed by atoms with Gasteiger partial charge < -0.3 is 10.5 Å². The maximum Gasteiger partial charge on any atom is 0.332 e. The van der Waals surface area contributed by atoms with Gasteiger partial charge in [-0.15, -0.1) is 0 Å². The maximum absolute atomic E-state index is 12.0. The van der Waals surface area contributed by atoms with Crippen molar-refractivity contribution in [3.8, 4) is 0 Å². The molecule has 1 heterocycles. The molecule has 0 aliphatic rings. The van der Waals surface area contributed by atoms with Crippen molar-refractivity contribution in [2.75, 3.05) is 12.3 Å². The number of aromatic nitrogens is 2. The number of carbonyl (C=O) groups excluding carboxylic acids is 2. The Labute approximate surface area is 126 Å². The van der Waals surface area contributed by atoms with Gasteiger partial charge in [-0.3, -0.25) is 18.7 Å². The van der Waals surface area contributed by atoms with E-state index in [0.29, 0.717) is 0 Å². The number of rotatable bonds is 5. The lowest BCUT2D eigenvalue weighted by atomic mass is 10.2. The molecule has 0 aliphatic heterocycles. The fraction of sp³-hybridized carbons (Fsp3) is 0.286.